The molecule has 4 aromatic rings. The summed E-state index contributed by atoms with van der Waals surface area (Å²) in [6.07, 6.45) is 1.39. The molecule has 9 nitrogen and oxygen atoms in total. The van der Waals surface area contributed by atoms with Crippen molar-refractivity contribution in [2.75, 3.05) is 11.9 Å². The number of rotatable bonds is 9. The molecule has 3 heterocycles. The summed E-state index contributed by atoms with van der Waals surface area (Å²) in [7, 11) is 0. The molecule has 186 valence electrons. The largest absolute Gasteiger partial charge is 0.435 e. The van der Waals surface area contributed by atoms with Crippen molar-refractivity contribution in [2.24, 2.45) is 11.5 Å². The summed E-state index contributed by atoms with van der Waals surface area (Å²) in [4.78, 5) is 31.8. The van der Waals surface area contributed by atoms with Crippen LogP contribution in [0.3, 0.4) is 0 Å². The predicted octanol–water partition coefficient (Wildman–Crippen LogP) is 3.70. The maximum Gasteiger partial charge on any atom is 0.286 e. The molecule has 3 aromatic heterocycles. The van der Waals surface area contributed by atoms with E-state index in [0.29, 0.717) is 17.1 Å². The lowest BCUT2D eigenvalue weighted by molar-refractivity contribution is 0.0970. The van der Waals surface area contributed by atoms with E-state index in [1.807, 2.05) is 0 Å². The number of nitrogens with two attached hydrogens (primary N) is 2. The van der Waals surface area contributed by atoms with Crippen molar-refractivity contribution in [1.82, 2.24) is 9.97 Å². The van der Waals surface area contributed by atoms with Gasteiger partial charge in [-0.1, -0.05) is 13.0 Å². The Balaban J connectivity index is 1.63. The number of amides is 2. The molecule has 4 rings (SSSR count). The van der Waals surface area contributed by atoms with E-state index < -0.39 is 29.4 Å². The van der Waals surface area contributed by atoms with E-state index in [1.165, 1.54) is 12.3 Å². The van der Waals surface area contributed by atoms with Crippen LogP contribution in [0.2, 0.25) is 0 Å². The van der Waals surface area contributed by atoms with Crippen LogP contribution >= 0.6 is 11.3 Å². The van der Waals surface area contributed by atoms with E-state index in [1.54, 1.807) is 25.1 Å². The third-order valence-corrected chi connectivity index (χ3v) is 6.40. The number of pyridine rings is 1. The van der Waals surface area contributed by atoms with E-state index >= 15 is 0 Å². The van der Waals surface area contributed by atoms with E-state index in [0.717, 1.165) is 23.5 Å². The molecule has 12 heteroatoms. The summed E-state index contributed by atoms with van der Waals surface area (Å²) in [5, 5.41) is 12.5. The Kier molecular flexibility index (Phi) is 7.08. The number of carbonyl (C=O) groups excluding carboxylic acids is 2. The molecule has 6 N–H and O–H groups in total. The summed E-state index contributed by atoms with van der Waals surface area (Å²) in [6, 6.07) is 8.66. The number of oxazole rings is 1. The third kappa shape index (κ3) is 5.24. The number of aliphatic hydroxyl groups excluding tert-OH is 1. The van der Waals surface area contributed by atoms with Gasteiger partial charge >= 0.3 is 0 Å². The smallest absolute Gasteiger partial charge is 0.286 e. The number of aromatic nitrogens is 2. The zero-order chi connectivity index (χ0) is 26.0. The SMILES string of the molecule is CC(CO)c1cc(F)c(-c2cc(C(N)=O)c(Nc3cccc(Cc4ncc(C(N)=O)o4)n3)s2)c(F)c1. The van der Waals surface area contributed by atoms with Gasteiger partial charge in [-0.05, 0) is 35.9 Å². The van der Waals surface area contributed by atoms with Crippen molar-refractivity contribution in [3.8, 4) is 10.4 Å². The minimum Gasteiger partial charge on any atom is -0.435 e. The Morgan fingerprint density at radius 2 is 1.89 bits per heavy atom. The number of halogens is 2. The highest BCUT2D eigenvalue weighted by Gasteiger charge is 2.22. The van der Waals surface area contributed by atoms with E-state index in [-0.39, 0.29) is 45.7 Å². The lowest BCUT2D eigenvalue weighted by atomic mass is 9.99. The fourth-order valence-electron chi connectivity index (χ4n) is 3.43. The van der Waals surface area contributed by atoms with Gasteiger partial charge in [-0.2, -0.15) is 0 Å². The molecule has 36 heavy (non-hydrogen) atoms. The number of hydrogen-bond acceptors (Lipinski definition) is 8. The first-order valence-electron chi connectivity index (χ1n) is 10.7. The Morgan fingerprint density at radius 1 is 1.17 bits per heavy atom. The van der Waals surface area contributed by atoms with E-state index in [2.05, 4.69) is 15.3 Å². The topological polar surface area (TPSA) is 157 Å². The first-order chi connectivity index (χ1) is 17.2. The molecule has 0 saturated heterocycles. The highest BCUT2D eigenvalue weighted by atomic mass is 32.1. The molecule has 0 aliphatic carbocycles. The molecule has 1 unspecified atom stereocenters. The molecule has 0 aliphatic rings. The third-order valence-electron chi connectivity index (χ3n) is 5.33. The number of thiophene rings is 1. The maximum atomic E-state index is 14.9. The summed E-state index contributed by atoms with van der Waals surface area (Å²) in [6.45, 7) is 1.39. The summed E-state index contributed by atoms with van der Waals surface area (Å²) < 4.78 is 35.0. The van der Waals surface area contributed by atoms with Gasteiger partial charge in [0.15, 0.2) is 0 Å². The van der Waals surface area contributed by atoms with Crippen LogP contribution in [0, 0.1) is 11.6 Å². The second-order valence-electron chi connectivity index (χ2n) is 7.96. The molecule has 1 aromatic carbocycles. The zero-order valence-corrected chi connectivity index (χ0v) is 19.7. The van der Waals surface area contributed by atoms with Gasteiger partial charge in [-0.25, -0.2) is 18.7 Å². The van der Waals surface area contributed by atoms with Crippen molar-refractivity contribution >= 4 is 34.0 Å². The standard InChI is InChI=1S/C24H21F2N5O4S/c1-11(10-32)12-5-15(25)21(16(26)6-12)18-8-14(22(27)33)24(36-18)31-19-4-2-3-13(30-19)7-20-29-9-17(35-20)23(28)34/h2-6,8-9,11,32H,7,10H2,1H3,(H2,27,33)(H2,28,34)(H,30,31). The quantitative estimate of drug-likeness (QED) is 0.266. The number of nitrogens with zero attached hydrogens (tertiary/aromatic N) is 2. The van der Waals surface area contributed by atoms with Crippen LogP contribution in [-0.4, -0.2) is 33.5 Å². The van der Waals surface area contributed by atoms with Gasteiger partial charge < -0.3 is 26.3 Å². The maximum absolute atomic E-state index is 14.9. The van der Waals surface area contributed by atoms with Crippen molar-refractivity contribution in [2.45, 2.75) is 19.3 Å². The number of nitrogens with one attached hydrogen (secondary N) is 1. The Bertz CT molecular complexity index is 1430. The molecule has 0 fully saturated rings. The normalized spacial score (nSPS) is 11.9. The number of primary amides is 2. The minimum atomic E-state index is -0.824. The van der Waals surface area contributed by atoms with Gasteiger partial charge in [0.2, 0.25) is 11.7 Å². The predicted molar refractivity (Wildman–Crippen MR) is 129 cm³/mol. The monoisotopic (exact) mass is 513 g/mol. The van der Waals surface area contributed by atoms with Gasteiger partial charge in [0.1, 0.15) is 22.5 Å². The van der Waals surface area contributed by atoms with Gasteiger partial charge in [0.05, 0.1) is 29.4 Å². The number of carbonyl (C=O) groups is 2. The second-order valence-corrected chi connectivity index (χ2v) is 9.01. The number of aliphatic hydroxyl groups is 1. The fourth-order valence-corrected chi connectivity index (χ4v) is 4.55. The molecular formula is C24H21F2N5O4S. The van der Waals surface area contributed by atoms with Gasteiger partial charge in [0.25, 0.3) is 11.8 Å². The second kappa shape index (κ2) is 10.2. The Morgan fingerprint density at radius 3 is 2.50 bits per heavy atom. The van der Waals surface area contributed by atoms with Crippen molar-refractivity contribution in [1.29, 1.82) is 0 Å². The highest BCUT2D eigenvalue weighted by molar-refractivity contribution is 7.20. The lowest BCUT2D eigenvalue weighted by Crippen LogP contribution is -2.11. The molecular weight excluding hydrogens is 492 g/mol. The first kappa shape index (κ1) is 24.9. The first-order valence-corrected chi connectivity index (χ1v) is 11.5. The average Bonchev–Trinajstić information content (AvgIpc) is 3.46. The highest BCUT2D eigenvalue weighted by Crippen LogP contribution is 2.39. The van der Waals surface area contributed by atoms with Crippen molar-refractivity contribution < 1.29 is 27.9 Å². The molecule has 0 aliphatic heterocycles. The van der Waals surface area contributed by atoms with Gasteiger partial charge in [0, 0.05) is 17.4 Å². The van der Waals surface area contributed by atoms with Crippen LogP contribution in [0.1, 0.15) is 50.9 Å². The molecule has 0 radical (unpaired) electrons. The molecule has 0 saturated carbocycles. The summed E-state index contributed by atoms with van der Waals surface area (Å²) in [5.74, 6) is -3.13. The van der Waals surface area contributed by atoms with E-state index in [4.69, 9.17) is 15.9 Å². The van der Waals surface area contributed by atoms with Crippen LogP contribution in [0.4, 0.5) is 19.6 Å². The van der Waals surface area contributed by atoms with Crippen LogP contribution in [0.5, 0.6) is 0 Å². The summed E-state index contributed by atoms with van der Waals surface area (Å²) in [5.41, 5.74) is 11.3. The molecule has 1 atom stereocenters. The Labute approximate surface area is 207 Å². The summed E-state index contributed by atoms with van der Waals surface area (Å²) >= 11 is 0.937. The fraction of sp³-hybridized carbons (Fsp3) is 0.167. The number of anilines is 2. The van der Waals surface area contributed by atoms with Crippen LogP contribution in [0.15, 0.2) is 47.0 Å². The van der Waals surface area contributed by atoms with Crippen LogP contribution in [-0.2, 0) is 6.42 Å². The van der Waals surface area contributed by atoms with Gasteiger partial charge in [-0.15, -0.1) is 11.3 Å². The minimum absolute atomic E-state index is 0.0348. The molecule has 2 amide bonds. The number of benzene rings is 1. The van der Waals surface area contributed by atoms with Crippen molar-refractivity contribution in [3.63, 3.8) is 0 Å². The average molecular weight is 514 g/mol. The number of hydrogen-bond donors (Lipinski definition) is 4. The van der Waals surface area contributed by atoms with Crippen LogP contribution in [0.25, 0.3) is 10.4 Å². The zero-order valence-electron chi connectivity index (χ0n) is 18.9. The molecule has 0 spiro atoms. The Hall–Kier alpha value is -4.16. The lowest BCUT2D eigenvalue weighted by Gasteiger charge is -2.11. The van der Waals surface area contributed by atoms with E-state index in [9.17, 15) is 23.5 Å². The van der Waals surface area contributed by atoms with Crippen LogP contribution < -0.4 is 16.8 Å². The van der Waals surface area contributed by atoms with Gasteiger partial charge in [-0.3, -0.25) is 9.59 Å². The molecule has 0 bridgehead atoms. The van der Waals surface area contributed by atoms with Crippen molar-refractivity contribution in [3.05, 3.63) is 82.7 Å².